The quantitative estimate of drug-likeness (QED) is 0.665. The molecule has 0 aliphatic carbocycles. The van der Waals surface area contributed by atoms with Crippen LogP contribution in [0.5, 0.6) is 0 Å². The van der Waals surface area contributed by atoms with Crippen molar-refractivity contribution in [1.82, 2.24) is 0 Å². The Morgan fingerprint density at radius 2 is 2.00 bits per heavy atom. The van der Waals surface area contributed by atoms with Gasteiger partial charge in [0.25, 0.3) is 0 Å². The minimum atomic E-state index is -0.955. The Morgan fingerprint density at radius 1 is 1.35 bits per heavy atom. The first-order valence-electron chi connectivity index (χ1n) is 5.64. The predicted octanol–water partition coefficient (Wildman–Crippen LogP) is 0.928. The number of hydrogen-bond donors (Lipinski definition) is 3. The maximum atomic E-state index is 10.9. The van der Waals surface area contributed by atoms with Gasteiger partial charge >= 0.3 is 5.97 Å². The highest BCUT2D eigenvalue weighted by atomic mass is 16.4. The number of piperidine rings is 1. The summed E-state index contributed by atoms with van der Waals surface area (Å²) in [5.41, 5.74) is 7.42. The first kappa shape index (κ1) is 11.7. The van der Waals surface area contributed by atoms with Gasteiger partial charge in [0.05, 0.1) is 23.0 Å². The van der Waals surface area contributed by atoms with E-state index < -0.39 is 5.97 Å². The third-order valence-corrected chi connectivity index (χ3v) is 3.08. The summed E-state index contributed by atoms with van der Waals surface area (Å²) in [6.07, 6.45) is 1.13. The first-order valence-corrected chi connectivity index (χ1v) is 5.64. The molecule has 92 valence electrons. The van der Waals surface area contributed by atoms with E-state index in [1.807, 2.05) is 4.90 Å². The SMILES string of the molecule is Nc1ccc(C(=O)O)cc1N1CCC(O)CC1. The van der Waals surface area contributed by atoms with Crippen LogP contribution in [0.2, 0.25) is 0 Å². The van der Waals surface area contributed by atoms with Crippen molar-refractivity contribution in [2.24, 2.45) is 0 Å². The molecule has 1 saturated heterocycles. The second-order valence-electron chi connectivity index (χ2n) is 4.30. The number of aromatic carboxylic acids is 1. The van der Waals surface area contributed by atoms with Crippen LogP contribution in [-0.2, 0) is 0 Å². The third kappa shape index (κ3) is 2.50. The van der Waals surface area contributed by atoms with Gasteiger partial charge in [0, 0.05) is 13.1 Å². The number of benzene rings is 1. The molecule has 0 aromatic heterocycles. The van der Waals surface area contributed by atoms with E-state index >= 15 is 0 Å². The Kier molecular flexibility index (Phi) is 3.19. The zero-order valence-electron chi connectivity index (χ0n) is 9.47. The molecule has 1 fully saturated rings. The molecule has 5 heteroatoms. The standard InChI is InChI=1S/C12H16N2O3/c13-10-2-1-8(12(16)17)7-11(10)14-5-3-9(15)4-6-14/h1-2,7,9,15H,3-6,13H2,(H,16,17). The largest absolute Gasteiger partial charge is 0.478 e. The fourth-order valence-corrected chi connectivity index (χ4v) is 2.06. The van der Waals surface area contributed by atoms with Crippen LogP contribution < -0.4 is 10.6 Å². The molecular formula is C12H16N2O3. The summed E-state index contributed by atoms with van der Waals surface area (Å²) in [5.74, 6) is -0.955. The predicted molar refractivity (Wildman–Crippen MR) is 65.3 cm³/mol. The van der Waals surface area contributed by atoms with Crippen molar-refractivity contribution in [2.75, 3.05) is 23.7 Å². The lowest BCUT2D eigenvalue weighted by Gasteiger charge is -2.32. The van der Waals surface area contributed by atoms with Crippen molar-refractivity contribution < 1.29 is 15.0 Å². The van der Waals surface area contributed by atoms with E-state index in [2.05, 4.69) is 0 Å². The number of aliphatic hydroxyl groups is 1. The van der Waals surface area contributed by atoms with Gasteiger partial charge in [-0.2, -0.15) is 0 Å². The van der Waals surface area contributed by atoms with Crippen molar-refractivity contribution >= 4 is 17.3 Å². The number of carboxylic acids is 1. The average molecular weight is 236 g/mol. The number of nitrogens with zero attached hydrogens (tertiary/aromatic N) is 1. The van der Waals surface area contributed by atoms with Crippen LogP contribution >= 0.6 is 0 Å². The molecule has 2 rings (SSSR count). The number of nitrogens with two attached hydrogens (primary N) is 1. The molecule has 1 heterocycles. The number of nitrogen functional groups attached to an aromatic ring is 1. The molecule has 0 unspecified atom stereocenters. The molecule has 0 bridgehead atoms. The summed E-state index contributed by atoms with van der Waals surface area (Å²) in [7, 11) is 0. The minimum absolute atomic E-state index is 0.236. The minimum Gasteiger partial charge on any atom is -0.478 e. The number of carboxylic acid groups (broad SMARTS) is 1. The summed E-state index contributed by atoms with van der Waals surface area (Å²) >= 11 is 0. The van der Waals surface area contributed by atoms with Crippen molar-refractivity contribution in [3.8, 4) is 0 Å². The van der Waals surface area contributed by atoms with E-state index in [0.717, 1.165) is 5.69 Å². The monoisotopic (exact) mass is 236 g/mol. The number of hydrogen-bond acceptors (Lipinski definition) is 4. The van der Waals surface area contributed by atoms with Crippen molar-refractivity contribution in [3.63, 3.8) is 0 Å². The second kappa shape index (κ2) is 4.63. The van der Waals surface area contributed by atoms with E-state index in [0.29, 0.717) is 31.6 Å². The van der Waals surface area contributed by atoms with E-state index in [-0.39, 0.29) is 11.7 Å². The molecule has 5 nitrogen and oxygen atoms in total. The van der Waals surface area contributed by atoms with E-state index in [9.17, 15) is 9.90 Å². The van der Waals surface area contributed by atoms with Gasteiger partial charge < -0.3 is 20.8 Å². The summed E-state index contributed by atoms with van der Waals surface area (Å²) in [5, 5.41) is 18.4. The number of carbonyl (C=O) groups is 1. The van der Waals surface area contributed by atoms with Gasteiger partial charge in [-0.15, -0.1) is 0 Å². The van der Waals surface area contributed by atoms with Gasteiger partial charge in [0.15, 0.2) is 0 Å². The molecule has 0 saturated carbocycles. The highest BCUT2D eigenvalue weighted by molar-refractivity contribution is 5.90. The Balaban J connectivity index is 2.25. The number of anilines is 2. The molecule has 1 aromatic carbocycles. The molecule has 1 aromatic rings. The van der Waals surface area contributed by atoms with Gasteiger partial charge in [-0.1, -0.05) is 0 Å². The molecular weight excluding hydrogens is 220 g/mol. The summed E-state index contributed by atoms with van der Waals surface area (Å²) < 4.78 is 0. The van der Waals surface area contributed by atoms with Crippen LogP contribution in [0.4, 0.5) is 11.4 Å². The highest BCUT2D eigenvalue weighted by Gasteiger charge is 2.19. The smallest absolute Gasteiger partial charge is 0.335 e. The van der Waals surface area contributed by atoms with E-state index in [1.165, 1.54) is 6.07 Å². The van der Waals surface area contributed by atoms with Crippen LogP contribution in [0.25, 0.3) is 0 Å². The van der Waals surface area contributed by atoms with Crippen LogP contribution in [0.1, 0.15) is 23.2 Å². The number of aliphatic hydroxyl groups excluding tert-OH is 1. The molecule has 0 spiro atoms. The van der Waals surface area contributed by atoms with Crippen molar-refractivity contribution in [2.45, 2.75) is 18.9 Å². The van der Waals surface area contributed by atoms with Crippen LogP contribution in [0.15, 0.2) is 18.2 Å². The molecule has 4 N–H and O–H groups in total. The fourth-order valence-electron chi connectivity index (χ4n) is 2.06. The van der Waals surface area contributed by atoms with Crippen molar-refractivity contribution in [3.05, 3.63) is 23.8 Å². The van der Waals surface area contributed by atoms with E-state index in [1.54, 1.807) is 12.1 Å². The Labute approximate surface area is 99.5 Å². The van der Waals surface area contributed by atoms with Gasteiger partial charge in [-0.25, -0.2) is 4.79 Å². The molecule has 1 aliphatic rings. The van der Waals surface area contributed by atoms with Gasteiger partial charge in [0.1, 0.15) is 0 Å². The lowest BCUT2D eigenvalue weighted by molar-refractivity contribution is 0.0697. The van der Waals surface area contributed by atoms with Gasteiger partial charge in [0.2, 0.25) is 0 Å². The first-order chi connectivity index (χ1) is 8.08. The van der Waals surface area contributed by atoms with Crippen LogP contribution in [0, 0.1) is 0 Å². The van der Waals surface area contributed by atoms with Crippen LogP contribution in [-0.4, -0.2) is 35.4 Å². The zero-order chi connectivity index (χ0) is 12.4. The number of rotatable bonds is 2. The fraction of sp³-hybridized carbons (Fsp3) is 0.417. The molecule has 0 amide bonds. The summed E-state index contributed by atoms with van der Waals surface area (Å²) in [6.45, 7) is 1.41. The maximum absolute atomic E-state index is 10.9. The van der Waals surface area contributed by atoms with Gasteiger partial charge in [-0.3, -0.25) is 0 Å². The highest BCUT2D eigenvalue weighted by Crippen LogP contribution is 2.27. The normalized spacial score (nSPS) is 17.1. The maximum Gasteiger partial charge on any atom is 0.335 e. The van der Waals surface area contributed by atoms with E-state index in [4.69, 9.17) is 10.8 Å². The summed E-state index contributed by atoms with van der Waals surface area (Å²) in [4.78, 5) is 12.9. The molecule has 1 aliphatic heterocycles. The Hall–Kier alpha value is -1.75. The van der Waals surface area contributed by atoms with Gasteiger partial charge in [-0.05, 0) is 31.0 Å². The third-order valence-electron chi connectivity index (χ3n) is 3.08. The van der Waals surface area contributed by atoms with Crippen LogP contribution in [0.3, 0.4) is 0 Å². The Morgan fingerprint density at radius 3 is 2.59 bits per heavy atom. The molecule has 17 heavy (non-hydrogen) atoms. The molecule has 0 radical (unpaired) electrons. The lowest BCUT2D eigenvalue weighted by atomic mass is 10.1. The summed E-state index contributed by atoms with van der Waals surface area (Å²) in [6, 6.07) is 4.71. The second-order valence-corrected chi connectivity index (χ2v) is 4.30. The zero-order valence-corrected chi connectivity index (χ0v) is 9.47. The van der Waals surface area contributed by atoms with Crippen molar-refractivity contribution in [1.29, 1.82) is 0 Å². The topological polar surface area (TPSA) is 86.8 Å². The Bertz CT molecular complexity index is 426. The lowest BCUT2D eigenvalue weighted by Crippen LogP contribution is -2.36. The molecule has 0 atom stereocenters. The average Bonchev–Trinajstić information content (AvgIpc) is 2.31.